The topological polar surface area (TPSA) is 88.9 Å². The SMILES string of the molecule is O=C(N[C@@H]1c2ccccc2C[C@H]1NC(=O)C1(n2ccnn2)CC1)C1CC1. The van der Waals surface area contributed by atoms with Crippen LogP contribution >= 0.6 is 0 Å². The summed E-state index contributed by atoms with van der Waals surface area (Å²) in [5.74, 6) is 0.207. The second-order valence-corrected chi connectivity index (χ2v) is 7.62. The second-order valence-electron chi connectivity index (χ2n) is 7.62. The predicted molar refractivity (Wildman–Crippen MR) is 92.9 cm³/mol. The molecule has 26 heavy (non-hydrogen) atoms. The molecular formula is C19H21N5O2. The Morgan fingerprint density at radius 1 is 1.15 bits per heavy atom. The number of hydrogen-bond donors (Lipinski definition) is 2. The van der Waals surface area contributed by atoms with Crippen molar-refractivity contribution in [1.29, 1.82) is 0 Å². The highest BCUT2D eigenvalue weighted by Crippen LogP contribution is 2.44. The first-order valence-electron chi connectivity index (χ1n) is 9.23. The number of benzene rings is 1. The molecule has 2 amide bonds. The molecule has 2 saturated carbocycles. The molecule has 2 atom stereocenters. The maximum Gasteiger partial charge on any atom is 0.248 e. The van der Waals surface area contributed by atoms with Gasteiger partial charge in [0.15, 0.2) is 0 Å². The summed E-state index contributed by atoms with van der Waals surface area (Å²) in [5, 5.41) is 14.2. The highest BCUT2D eigenvalue weighted by molar-refractivity contribution is 5.88. The molecule has 1 aromatic carbocycles. The molecular weight excluding hydrogens is 330 g/mol. The van der Waals surface area contributed by atoms with Crippen molar-refractivity contribution in [3.63, 3.8) is 0 Å². The van der Waals surface area contributed by atoms with Crippen molar-refractivity contribution in [1.82, 2.24) is 25.6 Å². The van der Waals surface area contributed by atoms with Crippen LogP contribution in [0.5, 0.6) is 0 Å². The van der Waals surface area contributed by atoms with Crippen molar-refractivity contribution in [2.75, 3.05) is 0 Å². The van der Waals surface area contributed by atoms with E-state index in [-0.39, 0.29) is 29.8 Å². The monoisotopic (exact) mass is 351 g/mol. The van der Waals surface area contributed by atoms with Crippen molar-refractivity contribution in [3.8, 4) is 0 Å². The largest absolute Gasteiger partial charge is 0.348 e. The summed E-state index contributed by atoms with van der Waals surface area (Å²) >= 11 is 0. The third-order valence-corrected chi connectivity index (χ3v) is 5.80. The van der Waals surface area contributed by atoms with Crippen molar-refractivity contribution in [2.45, 2.75) is 49.7 Å². The second kappa shape index (κ2) is 5.65. The number of nitrogens with one attached hydrogen (secondary N) is 2. The van der Waals surface area contributed by atoms with E-state index in [1.165, 1.54) is 5.56 Å². The van der Waals surface area contributed by atoms with E-state index >= 15 is 0 Å². The summed E-state index contributed by atoms with van der Waals surface area (Å²) in [6.45, 7) is 0. The summed E-state index contributed by atoms with van der Waals surface area (Å²) in [6.07, 6.45) is 7.52. The van der Waals surface area contributed by atoms with Gasteiger partial charge in [-0.05, 0) is 43.2 Å². The maximum absolute atomic E-state index is 13.0. The lowest BCUT2D eigenvalue weighted by Crippen LogP contribution is -2.49. The Morgan fingerprint density at radius 2 is 1.96 bits per heavy atom. The fourth-order valence-electron chi connectivity index (χ4n) is 3.94. The zero-order chi connectivity index (χ0) is 17.7. The molecule has 5 rings (SSSR count). The minimum absolute atomic E-state index is 0.0357. The predicted octanol–water partition coefficient (Wildman–Crippen LogP) is 1.08. The van der Waals surface area contributed by atoms with Crippen molar-refractivity contribution in [2.24, 2.45) is 5.92 Å². The van der Waals surface area contributed by atoms with Crippen molar-refractivity contribution >= 4 is 11.8 Å². The Labute approximate surface area is 151 Å². The first-order chi connectivity index (χ1) is 12.7. The van der Waals surface area contributed by atoms with Gasteiger partial charge in [-0.25, -0.2) is 4.68 Å². The molecule has 0 unspecified atom stereocenters. The number of hydrogen-bond acceptors (Lipinski definition) is 4. The van der Waals surface area contributed by atoms with E-state index < -0.39 is 5.54 Å². The molecule has 2 N–H and O–H groups in total. The Morgan fingerprint density at radius 3 is 2.65 bits per heavy atom. The van der Waals surface area contributed by atoms with Gasteiger partial charge in [-0.15, -0.1) is 5.10 Å². The van der Waals surface area contributed by atoms with E-state index in [1.807, 2.05) is 18.2 Å². The van der Waals surface area contributed by atoms with Gasteiger partial charge < -0.3 is 10.6 Å². The summed E-state index contributed by atoms with van der Waals surface area (Å²) in [4.78, 5) is 25.4. The number of aromatic nitrogens is 3. The normalized spacial score (nSPS) is 25.4. The van der Waals surface area contributed by atoms with Crippen molar-refractivity contribution in [3.05, 3.63) is 47.8 Å². The molecule has 1 heterocycles. The molecule has 2 fully saturated rings. The van der Waals surface area contributed by atoms with Crippen LogP contribution in [0.15, 0.2) is 36.7 Å². The van der Waals surface area contributed by atoms with Crippen LogP contribution in [0.2, 0.25) is 0 Å². The number of carbonyl (C=O) groups excluding carboxylic acids is 2. The van der Waals surface area contributed by atoms with Gasteiger partial charge in [0.1, 0.15) is 5.54 Å². The molecule has 0 bridgehead atoms. The van der Waals surface area contributed by atoms with Crippen molar-refractivity contribution < 1.29 is 9.59 Å². The van der Waals surface area contributed by atoms with Crippen LogP contribution in [0, 0.1) is 5.92 Å². The third kappa shape index (κ3) is 2.50. The molecule has 0 radical (unpaired) electrons. The zero-order valence-electron chi connectivity index (χ0n) is 14.4. The van der Waals surface area contributed by atoms with Crippen LogP contribution in [-0.4, -0.2) is 32.9 Å². The van der Waals surface area contributed by atoms with Gasteiger partial charge in [-0.2, -0.15) is 0 Å². The summed E-state index contributed by atoms with van der Waals surface area (Å²) in [5.41, 5.74) is 1.68. The van der Waals surface area contributed by atoms with Gasteiger partial charge in [-0.3, -0.25) is 9.59 Å². The number of fused-ring (bicyclic) bond motifs is 1. The average molecular weight is 351 g/mol. The summed E-state index contributed by atoms with van der Waals surface area (Å²) in [6, 6.07) is 7.79. The minimum atomic E-state index is -0.615. The van der Waals surface area contributed by atoms with Crippen LogP contribution in [0.3, 0.4) is 0 Å². The van der Waals surface area contributed by atoms with E-state index in [2.05, 4.69) is 27.0 Å². The molecule has 7 nitrogen and oxygen atoms in total. The van der Waals surface area contributed by atoms with E-state index in [9.17, 15) is 9.59 Å². The van der Waals surface area contributed by atoms with Crippen LogP contribution < -0.4 is 10.6 Å². The minimum Gasteiger partial charge on any atom is -0.348 e. The first kappa shape index (κ1) is 15.5. The molecule has 0 aliphatic heterocycles. The highest BCUT2D eigenvalue weighted by Gasteiger charge is 2.54. The zero-order valence-corrected chi connectivity index (χ0v) is 14.4. The molecule has 1 aromatic heterocycles. The van der Waals surface area contributed by atoms with Crippen LogP contribution in [-0.2, 0) is 21.5 Å². The number of nitrogens with zero attached hydrogens (tertiary/aromatic N) is 3. The smallest absolute Gasteiger partial charge is 0.248 e. The van der Waals surface area contributed by atoms with Gasteiger partial charge >= 0.3 is 0 Å². The molecule has 3 aliphatic rings. The molecule has 0 spiro atoms. The molecule has 134 valence electrons. The summed E-state index contributed by atoms with van der Waals surface area (Å²) in [7, 11) is 0. The maximum atomic E-state index is 13.0. The number of carbonyl (C=O) groups is 2. The highest BCUT2D eigenvalue weighted by atomic mass is 16.2. The Balaban J connectivity index is 1.37. The number of amides is 2. The van der Waals surface area contributed by atoms with Gasteiger partial charge in [0.2, 0.25) is 11.8 Å². The molecule has 3 aliphatic carbocycles. The average Bonchev–Trinajstić information content (AvgIpc) is 3.57. The van der Waals surface area contributed by atoms with Gasteiger partial charge in [0.25, 0.3) is 0 Å². The van der Waals surface area contributed by atoms with E-state index in [0.29, 0.717) is 0 Å². The van der Waals surface area contributed by atoms with E-state index in [0.717, 1.165) is 37.7 Å². The standard InChI is InChI=1S/C19H21N5O2/c25-17(12-5-6-12)22-16-14-4-2-1-3-13(14)11-15(16)21-18(26)19(7-8-19)24-10-9-20-23-24/h1-4,9-10,12,15-16H,5-8,11H2,(H,21,26)(H,22,25)/t15-,16-/m1/s1. The van der Waals surface area contributed by atoms with Gasteiger partial charge in [0.05, 0.1) is 18.3 Å². The van der Waals surface area contributed by atoms with Crippen LogP contribution in [0.25, 0.3) is 0 Å². The molecule has 7 heteroatoms. The summed E-state index contributed by atoms with van der Waals surface area (Å²) < 4.78 is 1.65. The van der Waals surface area contributed by atoms with E-state index in [4.69, 9.17) is 0 Å². The Hall–Kier alpha value is -2.70. The number of rotatable bonds is 5. The molecule has 0 saturated heterocycles. The fraction of sp³-hybridized carbons (Fsp3) is 0.474. The first-order valence-corrected chi connectivity index (χ1v) is 9.23. The van der Waals surface area contributed by atoms with Crippen LogP contribution in [0.4, 0.5) is 0 Å². The lowest BCUT2D eigenvalue weighted by molar-refractivity contribution is -0.128. The van der Waals surface area contributed by atoms with Crippen LogP contribution in [0.1, 0.15) is 42.9 Å². The quantitative estimate of drug-likeness (QED) is 0.843. The van der Waals surface area contributed by atoms with Gasteiger partial charge in [-0.1, -0.05) is 29.5 Å². The lowest BCUT2D eigenvalue weighted by Gasteiger charge is -2.25. The Bertz CT molecular complexity index is 855. The lowest BCUT2D eigenvalue weighted by atomic mass is 10.1. The van der Waals surface area contributed by atoms with Gasteiger partial charge in [0, 0.05) is 12.1 Å². The Kier molecular flexibility index (Phi) is 3.38. The fourth-order valence-corrected chi connectivity index (χ4v) is 3.94. The third-order valence-electron chi connectivity index (χ3n) is 5.80. The molecule has 2 aromatic rings. The van der Waals surface area contributed by atoms with E-state index in [1.54, 1.807) is 17.1 Å².